The van der Waals surface area contributed by atoms with Gasteiger partial charge in [0.15, 0.2) is 0 Å². The maximum absolute atomic E-state index is 13.7. The van der Waals surface area contributed by atoms with E-state index in [1.54, 1.807) is 12.0 Å². The monoisotopic (exact) mass is 418 g/mol. The third kappa shape index (κ3) is 3.45. The number of methoxy groups -OCH3 is 1. The van der Waals surface area contributed by atoms with Gasteiger partial charge in [0.25, 0.3) is 10.0 Å². The molecule has 3 atom stereocenters. The number of sulfonamides is 1. The largest absolute Gasteiger partial charge is 0.384 e. The van der Waals surface area contributed by atoms with E-state index >= 15 is 0 Å². The number of para-hydroxylation sites is 2. The summed E-state index contributed by atoms with van der Waals surface area (Å²) in [5, 5.41) is 6.10. The van der Waals surface area contributed by atoms with Gasteiger partial charge in [-0.2, -0.15) is 4.31 Å². The fourth-order valence-corrected chi connectivity index (χ4v) is 6.71. The van der Waals surface area contributed by atoms with Gasteiger partial charge in [-0.15, -0.1) is 6.42 Å². The maximum atomic E-state index is 13.7. The molecule has 3 aliphatic heterocycles. The van der Waals surface area contributed by atoms with Crippen molar-refractivity contribution in [3.8, 4) is 12.3 Å². The van der Waals surface area contributed by atoms with E-state index in [4.69, 9.17) is 11.2 Å². The molecule has 3 heterocycles. The fourth-order valence-electron chi connectivity index (χ4n) is 4.71. The minimum atomic E-state index is -3.88. The van der Waals surface area contributed by atoms with Gasteiger partial charge in [0.1, 0.15) is 6.04 Å². The number of fused-ring (bicyclic) bond motifs is 3. The molecular formula is C20H26N4O4S. The molecule has 1 aromatic rings. The van der Waals surface area contributed by atoms with Gasteiger partial charge in [-0.3, -0.25) is 4.79 Å². The smallest absolute Gasteiger partial charge is 0.255 e. The highest BCUT2D eigenvalue weighted by atomic mass is 32.2. The Hall–Kier alpha value is -2.28. The zero-order valence-corrected chi connectivity index (χ0v) is 17.2. The lowest BCUT2D eigenvalue weighted by atomic mass is 9.91. The fraction of sp³-hybridized carbons (Fsp3) is 0.550. The summed E-state index contributed by atoms with van der Waals surface area (Å²) in [5.41, 5.74) is 0.447. The highest BCUT2D eigenvalue weighted by molar-refractivity contribution is 7.90. The number of hydrogen-bond donors (Lipinski definition) is 2. The van der Waals surface area contributed by atoms with Crippen LogP contribution in [0.4, 0.5) is 11.4 Å². The average molecular weight is 419 g/mol. The Labute approximate surface area is 171 Å². The van der Waals surface area contributed by atoms with Gasteiger partial charge < -0.3 is 20.3 Å². The molecule has 0 radical (unpaired) electrons. The molecule has 1 amide bonds. The number of ether oxygens (including phenoxy) is 1. The van der Waals surface area contributed by atoms with Crippen molar-refractivity contribution in [2.45, 2.75) is 36.8 Å². The predicted octanol–water partition coefficient (Wildman–Crippen LogP) is 1.10. The number of anilines is 2. The summed E-state index contributed by atoms with van der Waals surface area (Å²) in [6.07, 6.45) is 7.46. The summed E-state index contributed by atoms with van der Waals surface area (Å²) in [6.45, 7) is 0.931. The summed E-state index contributed by atoms with van der Waals surface area (Å²) in [4.78, 5) is 14.8. The first-order chi connectivity index (χ1) is 14.0. The normalized spacial score (nSPS) is 27.5. The Morgan fingerprint density at radius 2 is 1.93 bits per heavy atom. The molecule has 0 spiro atoms. The predicted molar refractivity (Wildman–Crippen MR) is 110 cm³/mol. The zero-order valence-electron chi connectivity index (χ0n) is 16.4. The van der Waals surface area contributed by atoms with Gasteiger partial charge >= 0.3 is 0 Å². The second-order valence-corrected chi connectivity index (χ2v) is 9.66. The van der Waals surface area contributed by atoms with Crippen LogP contribution in [0, 0.1) is 18.3 Å². The minimum absolute atomic E-state index is 0.138. The summed E-state index contributed by atoms with van der Waals surface area (Å²) in [7, 11) is -2.29. The maximum Gasteiger partial charge on any atom is 0.255 e. The Morgan fingerprint density at radius 3 is 2.55 bits per heavy atom. The zero-order chi connectivity index (χ0) is 20.6. The van der Waals surface area contributed by atoms with Crippen LogP contribution in [-0.2, 0) is 19.6 Å². The molecule has 0 aliphatic carbocycles. The third-order valence-electron chi connectivity index (χ3n) is 5.96. The molecule has 3 aliphatic rings. The van der Waals surface area contributed by atoms with E-state index in [9.17, 15) is 13.2 Å². The van der Waals surface area contributed by atoms with Crippen molar-refractivity contribution in [2.24, 2.45) is 5.92 Å². The molecule has 8 nitrogen and oxygen atoms in total. The van der Waals surface area contributed by atoms with E-state index < -0.39 is 21.6 Å². The molecule has 1 unspecified atom stereocenters. The van der Waals surface area contributed by atoms with Crippen molar-refractivity contribution >= 4 is 27.3 Å². The standard InChI is InChI=1S/C20H26N4O4S/c1-3-11-23-12-14(13-28-2)17-9-6-10-18(19(23)25)24(17)29(26,27)20-21-15-7-4-5-8-16(15)22-20/h1,4-5,7-8,14,17-18,20-22H,6,9-13H2,2H3/t14-,17+,18?/m1/s1. The molecule has 2 fully saturated rings. The number of terminal acetylenes is 1. The van der Waals surface area contributed by atoms with Crippen LogP contribution in [0.2, 0.25) is 0 Å². The van der Waals surface area contributed by atoms with Crippen molar-refractivity contribution < 1.29 is 17.9 Å². The van der Waals surface area contributed by atoms with Crippen molar-refractivity contribution in [3.05, 3.63) is 24.3 Å². The number of nitrogens with zero attached hydrogens (tertiary/aromatic N) is 2. The molecule has 0 saturated carbocycles. The number of amides is 1. The van der Waals surface area contributed by atoms with Crippen LogP contribution in [0.1, 0.15) is 19.3 Å². The van der Waals surface area contributed by atoms with Gasteiger partial charge in [0, 0.05) is 25.6 Å². The summed E-state index contributed by atoms with van der Waals surface area (Å²) >= 11 is 0. The summed E-state index contributed by atoms with van der Waals surface area (Å²) < 4.78 is 34.3. The summed E-state index contributed by atoms with van der Waals surface area (Å²) in [6, 6.07) is 6.31. The quantitative estimate of drug-likeness (QED) is 0.696. The van der Waals surface area contributed by atoms with Crippen molar-refractivity contribution in [2.75, 3.05) is 37.4 Å². The van der Waals surface area contributed by atoms with E-state index in [2.05, 4.69) is 16.6 Å². The van der Waals surface area contributed by atoms with Crippen molar-refractivity contribution in [1.82, 2.24) is 9.21 Å². The van der Waals surface area contributed by atoms with Gasteiger partial charge in [-0.05, 0) is 31.4 Å². The molecule has 9 heteroatoms. The molecule has 4 rings (SSSR count). The Morgan fingerprint density at radius 1 is 1.24 bits per heavy atom. The molecule has 1 aromatic carbocycles. The first-order valence-corrected chi connectivity index (χ1v) is 11.3. The number of rotatable bonds is 5. The summed E-state index contributed by atoms with van der Waals surface area (Å²) in [5.74, 6) is 2.18. The Bertz CT molecular complexity index is 904. The van der Waals surface area contributed by atoms with E-state index in [1.165, 1.54) is 4.31 Å². The lowest BCUT2D eigenvalue weighted by Gasteiger charge is -2.41. The first kappa shape index (κ1) is 20.0. The third-order valence-corrected chi connectivity index (χ3v) is 7.91. The van der Waals surface area contributed by atoms with E-state index in [0.717, 1.165) is 17.8 Å². The highest BCUT2D eigenvalue weighted by Gasteiger charge is 2.52. The number of carbonyl (C=O) groups excluding carboxylic acids is 1. The number of carbonyl (C=O) groups is 1. The van der Waals surface area contributed by atoms with E-state index in [0.29, 0.717) is 26.0 Å². The molecule has 156 valence electrons. The molecule has 2 N–H and O–H groups in total. The van der Waals surface area contributed by atoms with Crippen LogP contribution in [-0.4, -0.2) is 67.9 Å². The Kier molecular flexibility index (Phi) is 5.42. The van der Waals surface area contributed by atoms with Gasteiger partial charge in [0.2, 0.25) is 11.4 Å². The number of benzene rings is 1. The van der Waals surface area contributed by atoms with Crippen LogP contribution in [0.5, 0.6) is 0 Å². The molecule has 0 aromatic heterocycles. The van der Waals surface area contributed by atoms with Crippen LogP contribution < -0.4 is 10.6 Å². The minimum Gasteiger partial charge on any atom is -0.384 e. The van der Waals surface area contributed by atoms with Crippen molar-refractivity contribution in [3.63, 3.8) is 0 Å². The van der Waals surface area contributed by atoms with Crippen LogP contribution >= 0.6 is 0 Å². The molecule has 29 heavy (non-hydrogen) atoms. The van der Waals surface area contributed by atoms with Crippen LogP contribution in [0.25, 0.3) is 0 Å². The topological polar surface area (TPSA) is 91.0 Å². The van der Waals surface area contributed by atoms with Gasteiger partial charge in [-0.1, -0.05) is 18.1 Å². The lowest BCUT2D eigenvalue weighted by molar-refractivity contribution is -0.134. The van der Waals surface area contributed by atoms with E-state index in [1.807, 2.05) is 24.3 Å². The first-order valence-electron chi connectivity index (χ1n) is 9.83. The molecule has 2 saturated heterocycles. The number of piperidine rings is 1. The lowest BCUT2D eigenvalue weighted by Crippen LogP contribution is -2.59. The van der Waals surface area contributed by atoms with Crippen molar-refractivity contribution in [1.29, 1.82) is 0 Å². The average Bonchev–Trinajstić information content (AvgIpc) is 3.14. The molecular weight excluding hydrogens is 392 g/mol. The molecule has 2 bridgehead atoms. The number of hydrogen-bond acceptors (Lipinski definition) is 6. The number of nitrogens with one attached hydrogen (secondary N) is 2. The second kappa shape index (κ2) is 7.86. The van der Waals surface area contributed by atoms with Gasteiger partial charge in [0.05, 0.1) is 24.5 Å². The Balaban J connectivity index is 1.71. The van der Waals surface area contributed by atoms with Gasteiger partial charge in [-0.25, -0.2) is 8.42 Å². The van der Waals surface area contributed by atoms with Crippen LogP contribution in [0.3, 0.4) is 0 Å². The second-order valence-electron chi connectivity index (χ2n) is 7.74. The van der Waals surface area contributed by atoms with Crippen LogP contribution in [0.15, 0.2) is 24.3 Å². The van der Waals surface area contributed by atoms with E-state index in [-0.39, 0.29) is 24.4 Å². The SMILES string of the molecule is C#CCN1C[C@H](COC)[C@@H]2CCCC(C1=O)N2S(=O)(=O)C1Nc2ccccc2N1. The highest BCUT2D eigenvalue weighted by Crippen LogP contribution is 2.38.